The first-order valence-electron chi connectivity index (χ1n) is 5.84. The molecule has 0 aliphatic rings. The molecule has 0 bridgehead atoms. The van der Waals surface area contributed by atoms with Crippen LogP contribution in [0.1, 0.15) is 18.5 Å². The molecule has 0 fully saturated rings. The maximum atomic E-state index is 5.51. The standard InChI is InChI=1S/C13H20BrNO2S/c1-5-18-8-10(15-2)9-6-7-11(16-3)12(14)13(9)17-4/h6-7,10,15H,5,8H2,1-4H3. The highest BCUT2D eigenvalue weighted by Gasteiger charge is 2.19. The Kier molecular flexibility index (Phi) is 6.89. The molecule has 0 aromatic heterocycles. The monoisotopic (exact) mass is 333 g/mol. The van der Waals surface area contributed by atoms with Gasteiger partial charge in [-0.1, -0.05) is 6.92 Å². The van der Waals surface area contributed by atoms with Gasteiger partial charge in [-0.25, -0.2) is 0 Å². The quantitative estimate of drug-likeness (QED) is 0.827. The van der Waals surface area contributed by atoms with E-state index >= 15 is 0 Å². The van der Waals surface area contributed by atoms with Crippen molar-refractivity contribution in [2.24, 2.45) is 0 Å². The van der Waals surface area contributed by atoms with E-state index in [1.54, 1.807) is 14.2 Å². The maximum absolute atomic E-state index is 5.51. The third-order valence-electron chi connectivity index (χ3n) is 2.73. The van der Waals surface area contributed by atoms with Gasteiger partial charge in [-0.3, -0.25) is 0 Å². The molecule has 5 heteroatoms. The minimum Gasteiger partial charge on any atom is -0.495 e. The fourth-order valence-electron chi connectivity index (χ4n) is 1.76. The molecule has 0 aliphatic heterocycles. The second kappa shape index (κ2) is 7.92. The van der Waals surface area contributed by atoms with Crippen LogP contribution in [0.3, 0.4) is 0 Å². The third-order valence-corrected chi connectivity index (χ3v) is 4.46. The second-order valence-electron chi connectivity index (χ2n) is 3.71. The third kappa shape index (κ3) is 3.56. The molecular formula is C13H20BrNO2S. The molecule has 1 unspecified atom stereocenters. The Morgan fingerprint density at radius 2 is 2.06 bits per heavy atom. The van der Waals surface area contributed by atoms with Gasteiger partial charge in [0.05, 0.1) is 14.2 Å². The predicted octanol–water partition coefficient (Wildman–Crippen LogP) is 3.48. The first kappa shape index (κ1) is 15.7. The molecule has 3 nitrogen and oxygen atoms in total. The van der Waals surface area contributed by atoms with Gasteiger partial charge in [-0.15, -0.1) is 0 Å². The van der Waals surface area contributed by atoms with Crippen LogP contribution in [0.25, 0.3) is 0 Å². The average molecular weight is 334 g/mol. The van der Waals surface area contributed by atoms with Gasteiger partial charge in [0.2, 0.25) is 0 Å². The van der Waals surface area contributed by atoms with Crippen molar-refractivity contribution in [2.75, 3.05) is 32.8 Å². The number of ether oxygens (including phenoxy) is 2. The van der Waals surface area contributed by atoms with E-state index in [1.165, 1.54) is 0 Å². The van der Waals surface area contributed by atoms with Gasteiger partial charge in [-0.05, 0) is 40.9 Å². The van der Waals surface area contributed by atoms with Gasteiger partial charge < -0.3 is 14.8 Å². The lowest BCUT2D eigenvalue weighted by Crippen LogP contribution is -2.19. The van der Waals surface area contributed by atoms with E-state index in [0.29, 0.717) is 0 Å². The maximum Gasteiger partial charge on any atom is 0.141 e. The molecule has 0 saturated heterocycles. The Morgan fingerprint density at radius 3 is 2.56 bits per heavy atom. The molecule has 1 aromatic carbocycles. The van der Waals surface area contributed by atoms with Crippen molar-refractivity contribution < 1.29 is 9.47 Å². The number of methoxy groups -OCH3 is 2. The van der Waals surface area contributed by atoms with Crippen molar-refractivity contribution in [1.82, 2.24) is 5.32 Å². The number of rotatable bonds is 7. The average Bonchev–Trinajstić information content (AvgIpc) is 2.40. The smallest absolute Gasteiger partial charge is 0.141 e. The summed E-state index contributed by atoms with van der Waals surface area (Å²) in [4.78, 5) is 0. The number of benzene rings is 1. The summed E-state index contributed by atoms with van der Waals surface area (Å²) in [5, 5.41) is 3.33. The molecule has 102 valence electrons. The molecule has 0 saturated carbocycles. The van der Waals surface area contributed by atoms with Crippen LogP contribution in [-0.4, -0.2) is 32.8 Å². The minimum atomic E-state index is 0.270. The molecule has 0 radical (unpaired) electrons. The largest absolute Gasteiger partial charge is 0.495 e. The van der Waals surface area contributed by atoms with E-state index in [2.05, 4.69) is 34.2 Å². The van der Waals surface area contributed by atoms with Crippen molar-refractivity contribution in [3.05, 3.63) is 22.2 Å². The van der Waals surface area contributed by atoms with Crippen LogP contribution in [-0.2, 0) is 0 Å². The molecule has 1 N–H and O–H groups in total. The Morgan fingerprint density at radius 1 is 1.33 bits per heavy atom. The summed E-state index contributed by atoms with van der Waals surface area (Å²) in [5.41, 5.74) is 1.15. The van der Waals surface area contributed by atoms with Crippen molar-refractivity contribution >= 4 is 27.7 Å². The number of hydrogen-bond donors (Lipinski definition) is 1. The number of halogens is 1. The summed E-state index contributed by atoms with van der Waals surface area (Å²) < 4.78 is 11.7. The lowest BCUT2D eigenvalue weighted by Gasteiger charge is -2.20. The highest BCUT2D eigenvalue weighted by atomic mass is 79.9. The van der Waals surface area contributed by atoms with E-state index in [9.17, 15) is 0 Å². The predicted molar refractivity (Wildman–Crippen MR) is 82.0 cm³/mol. The molecule has 1 aromatic rings. The highest BCUT2D eigenvalue weighted by molar-refractivity contribution is 9.10. The first-order chi connectivity index (χ1) is 8.69. The molecule has 0 aliphatic carbocycles. The van der Waals surface area contributed by atoms with Crippen LogP contribution in [0.5, 0.6) is 11.5 Å². The SMILES string of the molecule is CCSCC(NC)c1ccc(OC)c(Br)c1OC. The van der Waals surface area contributed by atoms with Crippen LogP contribution in [0.4, 0.5) is 0 Å². The van der Waals surface area contributed by atoms with Crippen molar-refractivity contribution in [1.29, 1.82) is 0 Å². The Bertz CT molecular complexity index is 387. The van der Waals surface area contributed by atoms with Crippen LogP contribution in [0, 0.1) is 0 Å². The molecule has 1 rings (SSSR count). The van der Waals surface area contributed by atoms with Gasteiger partial charge in [0.1, 0.15) is 16.0 Å². The van der Waals surface area contributed by atoms with Gasteiger partial charge in [0, 0.05) is 17.4 Å². The summed E-state index contributed by atoms with van der Waals surface area (Å²) in [6.45, 7) is 2.17. The van der Waals surface area contributed by atoms with E-state index < -0.39 is 0 Å². The zero-order valence-corrected chi connectivity index (χ0v) is 13.7. The summed E-state index contributed by atoms with van der Waals surface area (Å²) in [7, 11) is 5.31. The van der Waals surface area contributed by atoms with Crippen molar-refractivity contribution in [2.45, 2.75) is 13.0 Å². The Hall–Kier alpha value is -0.390. The van der Waals surface area contributed by atoms with E-state index in [-0.39, 0.29) is 6.04 Å². The van der Waals surface area contributed by atoms with Crippen LogP contribution < -0.4 is 14.8 Å². The van der Waals surface area contributed by atoms with Crippen LogP contribution >= 0.6 is 27.7 Å². The van der Waals surface area contributed by atoms with E-state index in [0.717, 1.165) is 33.0 Å². The Balaban J connectivity index is 3.10. The van der Waals surface area contributed by atoms with Gasteiger partial charge in [0.25, 0.3) is 0 Å². The summed E-state index contributed by atoms with van der Waals surface area (Å²) in [6, 6.07) is 4.29. The normalized spacial score (nSPS) is 12.3. The highest BCUT2D eigenvalue weighted by Crippen LogP contribution is 2.40. The van der Waals surface area contributed by atoms with Crippen molar-refractivity contribution in [3.63, 3.8) is 0 Å². The van der Waals surface area contributed by atoms with Gasteiger partial charge >= 0.3 is 0 Å². The fraction of sp³-hybridized carbons (Fsp3) is 0.538. The fourth-order valence-corrected chi connectivity index (χ4v) is 3.26. The molecule has 0 spiro atoms. The number of thioether (sulfide) groups is 1. The van der Waals surface area contributed by atoms with Gasteiger partial charge in [0.15, 0.2) is 0 Å². The zero-order chi connectivity index (χ0) is 13.5. The van der Waals surface area contributed by atoms with Crippen LogP contribution in [0.2, 0.25) is 0 Å². The first-order valence-corrected chi connectivity index (χ1v) is 7.79. The molecule has 0 amide bonds. The Labute approximate surface area is 122 Å². The molecule has 18 heavy (non-hydrogen) atoms. The molecule has 1 atom stereocenters. The summed E-state index contributed by atoms with van der Waals surface area (Å²) in [6.07, 6.45) is 0. The zero-order valence-electron chi connectivity index (χ0n) is 11.2. The van der Waals surface area contributed by atoms with E-state index in [4.69, 9.17) is 9.47 Å². The van der Waals surface area contributed by atoms with E-state index in [1.807, 2.05) is 24.9 Å². The lowest BCUT2D eigenvalue weighted by molar-refractivity contribution is 0.382. The van der Waals surface area contributed by atoms with Gasteiger partial charge in [-0.2, -0.15) is 11.8 Å². The minimum absolute atomic E-state index is 0.270. The lowest BCUT2D eigenvalue weighted by atomic mass is 10.1. The number of hydrogen-bond acceptors (Lipinski definition) is 4. The van der Waals surface area contributed by atoms with Crippen molar-refractivity contribution in [3.8, 4) is 11.5 Å². The van der Waals surface area contributed by atoms with Crippen LogP contribution in [0.15, 0.2) is 16.6 Å². The summed E-state index contributed by atoms with van der Waals surface area (Å²) >= 11 is 5.44. The summed E-state index contributed by atoms with van der Waals surface area (Å²) in [5.74, 6) is 3.75. The topological polar surface area (TPSA) is 30.5 Å². The number of nitrogens with one attached hydrogen (secondary N) is 1. The second-order valence-corrected chi connectivity index (χ2v) is 5.82. The molecular weight excluding hydrogens is 314 g/mol. The molecule has 0 heterocycles.